The highest BCUT2D eigenvalue weighted by Gasteiger charge is 2.11. The van der Waals surface area contributed by atoms with Gasteiger partial charge in [0, 0.05) is 17.7 Å². The highest BCUT2D eigenvalue weighted by atomic mass is 16.6. The maximum Gasteiger partial charge on any atom is 0.344 e. The van der Waals surface area contributed by atoms with E-state index in [0.29, 0.717) is 18.1 Å². The molecule has 0 aliphatic heterocycles. The maximum atomic E-state index is 11.2. The number of esters is 1. The van der Waals surface area contributed by atoms with Crippen LogP contribution in [-0.2, 0) is 9.53 Å². The predicted molar refractivity (Wildman–Crippen MR) is 67.7 cm³/mol. The molecule has 0 amide bonds. The van der Waals surface area contributed by atoms with E-state index in [0.717, 1.165) is 5.56 Å². The molecule has 0 saturated carbocycles. The molecule has 0 fully saturated rings. The second-order valence-electron chi connectivity index (χ2n) is 3.79. The third-order valence-corrected chi connectivity index (χ3v) is 2.36. The maximum absolute atomic E-state index is 11.2. The van der Waals surface area contributed by atoms with Gasteiger partial charge in [-0.05, 0) is 19.9 Å². The molecule has 0 bridgehead atoms. The molecule has 0 aromatic heterocycles. The first-order chi connectivity index (χ1) is 8.58. The molecule has 1 aromatic carbocycles. The van der Waals surface area contributed by atoms with Crippen molar-refractivity contribution in [2.75, 3.05) is 20.3 Å². The van der Waals surface area contributed by atoms with Gasteiger partial charge in [0.25, 0.3) is 0 Å². The van der Waals surface area contributed by atoms with Gasteiger partial charge in [-0.25, -0.2) is 4.79 Å². The fraction of sp³-hybridized carbons (Fsp3) is 0.462. The number of rotatable bonds is 6. The summed E-state index contributed by atoms with van der Waals surface area (Å²) in [6, 6.07) is 5.14. The van der Waals surface area contributed by atoms with Gasteiger partial charge >= 0.3 is 5.97 Å². The van der Waals surface area contributed by atoms with Crippen LogP contribution in [0.1, 0.15) is 25.5 Å². The quantitative estimate of drug-likeness (QED) is 0.781. The summed E-state index contributed by atoms with van der Waals surface area (Å²) in [5.74, 6) is 0.784. The summed E-state index contributed by atoms with van der Waals surface area (Å²) < 4.78 is 15.3. The van der Waals surface area contributed by atoms with Crippen molar-refractivity contribution < 1.29 is 19.0 Å². The Kier molecular flexibility index (Phi) is 5.45. The van der Waals surface area contributed by atoms with Gasteiger partial charge in [-0.3, -0.25) is 0 Å². The second-order valence-corrected chi connectivity index (χ2v) is 3.79. The van der Waals surface area contributed by atoms with Gasteiger partial charge in [-0.1, -0.05) is 6.07 Å². The summed E-state index contributed by atoms with van der Waals surface area (Å²) in [5, 5.41) is 0. The first-order valence-corrected chi connectivity index (χ1v) is 5.80. The third-order valence-electron chi connectivity index (χ3n) is 2.36. The van der Waals surface area contributed by atoms with Gasteiger partial charge in [0.1, 0.15) is 11.5 Å². The molecule has 0 radical (unpaired) electrons. The Morgan fingerprint density at radius 1 is 1.44 bits per heavy atom. The van der Waals surface area contributed by atoms with E-state index in [1.807, 2.05) is 13.0 Å². The molecule has 0 heterocycles. The van der Waals surface area contributed by atoms with Crippen molar-refractivity contribution in [1.82, 2.24) is 0 Å². The topological polar surface area (TPSA) is 70.8 Å². The lowest BCUT2D eigenvalue weighted by molar-refractivity contribution is -0.145. The normalized spacial score (nSPS) is 11.8. The molecule has 0 aliphatic rings. The summed E-state index contributed by atoms with van der Waals surface area (Å²) >= 11 is 0. The molecule has 0 saturated heterocycles. The number of hydrogen-bond donors (Lipinski definition) is 1. The number of carbonyl (C=O) groups is 1. The van der Waals surface area contributed by atoms with E-state index in [-0.39, 0.29) is 12.6 Å². The van der Waals surface area contributed by atoms with Crippen LogP contribution < -0.4 is 15.2 Å². The van der Waals surface area contributed by atoms with Crippen LogP contribution in [-0.4, -0.2) is 26.3 Å². The van der Waals surface area contributed by atoms with E-state index in [2.05, 4.69) is 0 Å². The lowest BCUT2D eigenvalue weighted by Gasteiger charge is -2.14. The Labute approximate surface area is 107 Å². The Hall–Kier alpha value is -1.75. The number of methoxy groups -OCH3 is 1. The predicted octanol–water partition coefficient (Wildman–Crippen LogP) is 1.66. The minimum atomic E-state index is -0.407. The molecule has 1 rings (SSSR count). The SMILES string of the molecule is CCOC(=O)COc1cc(OC)ccc1C(C)N. The van der Waals surface area contributed by atoms with Gasteiger partial charge in [0.05, 0.1) is 13.7 Å². The number of ether oxygens (including phenoxy) is 3. The van der Waals surface area contributed by atoms with Crippen molar-refractivity contribution >= 4 is 5.97 Å². The summed E-state index contributed by atoms with van der Waals surface area (Å²) in [7, 11) is 1.57. The smallest absolute Gasteiger partial charge is 0.344 e. The van der Waals surface area contributed by atoms with E-state index in [1.54, 1.807) is 26.2 Å². The highest BCUT2D eigenvalue weighted by Crippen LogP contribution is 2.28. The lowest BCUT2D eigenvalue weighted by Crippen LogP contribution is -2.16. The average Bonchev–Trinajstić information content (AvgIpc) is 2.36. The Morgan fingerprint density at radius 3 is 2.72 bits per heavy atom. The number of hydrogen-bond acceptors (Lipinski definition) is 5. The van der Waals surface area contributed by atoms with E-state index in [4.69, 9.17) is 19.9 Å². The van der Waals surface area contributed by atoms with Crippen molar-refractivity contribution in [3.63, 3.8) is 0 Å². The zero-order chi connectivity index (χ0) is 13.5. The molecule has 18 heavy (non-hydrogen) atoms. The molecular weight excluding hydrogens is 234 g/mol. The monoisotopic (exact) mass is 253 g/mol. The van der Waals surface area contributed by atoms with Crippen LogP contribution in [0.25, 0.3) is 0 Å². The number of benzene rings is 1. The van der Waals surface area contributed by atoms with E-state index in [1.165, 1.54) is 0 Å². The Morgan fingerprint density at radius 2 is 2.17 bits per heavy atom. The largest absolute Gasteiger partial charge is 0.497 e. The van der Waals surface area contributed by atoms with Crippen LogP contribution in [0.4, 0.5) is 0 Å². The van der Waals surface area contributed by atoms with Gasteiger partial charge in [0.2, 0.25) is 0 Å². The molecular formula is C13H19NO4. The minimum absolute atomic E-state index is 0.138. The first kappa shape index (κ1) is 14.3. The minimum Gasteiger partial charge on any atom is -0.497 e. The lowest BCUT2D eigenvalue weighted by atomic mass is 10.1. The molecule has 5 nitrogen and oxygen atoms in total. The van der Waals surface area contributed by atoms with Crippen molar-refractivity contribution in [2.45, 2.75) is 19.9 Å². The standard InChI is InChI=1S/C13H19NO4/c1-4-17-13(15)8-18-12-7-10(16-3)5-6-11(12)9(2)14/h5-7,9H,4,8,14H2,1-3H3. The molecule has 5 heteroatoms. The highest BCUT2D eigenvalue weighted by molar-refractivity contribution is 5.71. The van der Waals surface area contributed by atoms with Crippen LogP contribution in [0.15, 0.2) is 18.2 Å². The molecule has 2 N–H and O–H groups in total. The van der Waals surface area contributed by atoms with Gasteiger partial charge in [-0.15, -0.1) is 0 Å². The Bertz CT molecular complexity index is 404. The van der Waals surface area contributed by atoms with E-state index < -0.39 is 5.97 Å². The summed E-state index contributed by atoms with van der Waals surface area (Å²) in [5.41, 5.74) is 6.65. The van der Waals surface area contributed by atoms with Gasteiger partial charge in [-0.2, -0.15) is 0 Å². The molecule has 1 atom stereocenters. The summed E-state index contributed by atoms with van der Waals surface area (Å²) in [6.45, 7) is 3.79. The average molecular weight is 253 g/mol. The van der Waals surface area contributed by atoms with E-state index >= 15 is 0 Å². The Balaban J connectivity index is 2.80. The molecule has 0 aliphatic carbocycles. The summed E-state index contributed by atoms with van der Waals surface area (Å²) in [6.07, 6.45) is 0. The first-order valence-electron chi connectivity index (χ1n) is 5.80. The molecule has 1 unspecified atom stereocenters. The van der Waals surface area contributed by atoms with Crippen LogP contribution in [0.2, 0.25) is 0 Å². The molecule has 1 aromatic rings. The van der Waals surface area contributed by atoms with Crippen molar-refractivity contribution in [3.8, 4) is 11.5 Å². The van der Waals surface area contributed by atoms with Crippen LogP contribution in [0, 0.1) is 0 Å². The van der Waals surface area contributed by atoms with Crippen molar-refractivity contribution in [3.05, 3.63) is 23.8 Å². The summed E-state index contributed by atoms with van der Waals surface area (Å²) in [4.78, 5) is 11.2. The fourth-order valence-corrected chi connectivity index (χ4v) is 1.48. The van der Waals surface area contributed by atoms with Crippen molar-refractivity contribution in [2.24, 2.45) is 5.73 Å². The zero-order valence-corrected chi connectivity index (χ0v) is 10.9. The van der Waals surface area contributed by atoms with Crippen LogP contribution in [0.3, 0.4) is 0 Å². The number of nitrogens with two attached hydrogens (primary N) is 1. The molecule has 100 valence electrons. The molecule has 0 spiro atoms. The fourth-order valence-electron chi connectivity index (χ4n) is 1.48. The van der Waals surface area contributed by atoms with Crippen molar-refractivity contribution in [1.29, 1.82) is 0 Å². The van der Waals surface area contributed by atoms with Crippen LogP contribution in [0.5, 0.6) is 11.5 Å². The third kappa shape index (κ3) is 3.92. The van der Waals surface area contributed by atoms with Gasteiger partial charge in [0.15, 0.2) is 6.61 Å². The number of carbonyl (C=O) groups excluding carboxylic acids is 1. The van der Waals surface area contributed by atoms with Gasteiger partial charge < -0.3 is 19.9 Å². The van der Waals surface area contributed by atoms with Crippen LogP contribution >= 0.6 is 0 Å². The zero-order valence-electron chi connectivity index (χ0n) is 10.9. The van der Waals surface area contributed by atoms with E-state index in [9.17, 15) is 4.79 Å². The second kappa shape index (κ2) is 6.86.